The van der Waals surface area contributed by atoms with Crippen LogP contribution in [0.1, 0.15) is 10.4 Å². The molecule has 8 heteroatoms. The zero-order valence-corrected chi connectivity index (χ0v) is 17.7. The van der Waals surface area contributed by atoms with E-state index in [9.17, 15) is 13.2 Å². The summed E-state index contributed by atoms with van der Waals surface area (Å²) < 4.78 is 33.8. The van der Waals surface area contributed by atoms with Crippen LogP contribution >= 0.6 is 0 Å². The highest BCUT2D eigenvalue weighted by Crippen LogP contribution is 2.35. The van der Waals surface area contributed by atoms with Crippen LogP contribution in [0.5, 0.6) is 5.75 Å². The van der Waals surface area contributed by atoms with Crippen LogP contribution in [-0.4, -0.2) is 60.8 Å². The number of carbonyl (C=O) groups excluding carboxylic acids is 1. The van der Waals surface area contributed by atoms with Crippen molar-refractivity contribution in [3.05, 3.63) is 78.6 Å². The number of nitrogens with zero attached hydrogens (tertiary/aromatic N) is 3. The number of hydrogen-bond acceptors (Lipinski definition) is 5. The third-order valence-corrected chi connectivity index (χ3v) is 7.73. The first-order valence-corrected chi connectivity index (χ1v) is 11.4. The van der Waals surface area contributed by atoms with Crippen molar-refractivity contribution < 1.29 is 17.9 Å². The molecule has 2 aliphatic heterocycles. The third kappa shape index (κ3) is 3.37. The fraction of sp³-hybridized carbons (Fsp3) is 0.217. The molecule has 5 rings (SSSR count). The van der Waals surface area contributed by atoms with Crippen LogP contribution in [0.2, 0.25) is 0 Å². The van der Waals surface area contributed by atoms with E-state index in [0.29, 0.717) is 11.3 Å². The number of rotatable bonds is 3. The number of pyridine rings is 1. The maximum atomic E-state index is 13.1. The van der Waals surface area contributed by atoms with Crippen molar-refractivity contribution in [1.82, 2.24) is 14.2 Å². The van der Waals surface area contributed by atoms with Crippen LogP contribution in [0, 0.1) is 0 Å². The lowest BCUT2D eigenvalue weighted by Gasteiger charge is -2.25. The molecule has 0 N–H and O–H groups in total. The van der Waals surface area contributed by atoms with E-state index < -0.39 is 16.1 Å². The van der Waals surface area contributed by atoms with Gasteiger partial charge in [0.05, 0.1) is 23.0 Å². The fourth-order valence-corrected chi connectivity index (χ4v) is 5.65. The van der Waals surface area contributed by atoms with E-state index in [1.165, 1.54) is 4.31 Å². The number of likely N-dealkylation sites (N-methyl/N-ethyl adjacent to an activating group) is 1. The maximum absolute atomic E-state index is 13.1. The molecule has 2 aromatic carbocycles. The van der Waals surface area contributed by atoms with E-state index in [4.69, 9.17) is 4.74 Å². The van der Waals surface area contributed by atoms with Crippen LogP contribution in [0.15, 0.2) is 78.0 Å². The van der Waals surface area contributed by atoms with Gasteiger partial charge in [-0.15, -0.1) is 0 Å². The average molecular weight is 436 g/mol. The predicted molar refractivity (Wildman–Crippen MR) is 115 cm³/mol. The number of hydrogen-bond donors (Lipinski definition) is 0. The van der Waals surface area contributed by atoms with Gasteiger partial charge in [-0.25, -0.2) is 8.42 Å². The molecule has 31 heavy (non-hydrogen) atoms. The smallest absolute Gasteiger partial charge is 0.257 e. The van der Waals surface area contributed by atoms with E-state index in [-0.39, 0.29) is 29.9 Å². The molecule has 0 saturated carbocycles. The lowest BCUT2D eigenvalue weighted by atomic mass is 10.0. The molecule has 1 aromatic heterocycles. The molecule has 3 aromatic rings. The normalized spacial score (nSPS) is 21.2. The second-order valence-electron chi connectivity index (χ2n) is 7.73. The molecule has 0 aliphatic carbocycles. The molecule has 0 bridgehead atoms. The SMILES string of the molecule is CN1C(=O)c2ccc(-c3cccnc3)cc2OC2CN(S(=O)(=O)c3ccccc3)CC21. The topological polar surface area (TPSA) is 79.8 Å². The molecule has 2 atom stereocenters. The molecule has 158 valence electrons. The zero-order valence-electron chi connectivity index (χ0n) is 16.9. The molecular formula is C23H21N3O4S. The first kappa shape index (κ1) is 19.7. The summed E-state index contributed by atoms with van der Waals surface area (Å²) in [4.78, 5) is 19.1. The van der Waals surface area contributed by atoms with Crippen LogP contribution in [0.25, 0.3) is 11.1 Å². The molecule has 2 aliphatic rings. The summed E-state index contributed by atoms with van der Waals surface area (Å²) in [5.74, 6) is 0.281. The van der Waals surface area contributed by atoms with Crippen LogP contribution in [0.4, 0.5) is 0 Å². The van der Waals surface area contributed by atoms with Gasteiger partial charge in [0, 0.05) is 31.5 Å². The second kappa shape index (κ2) is 7.47. The van der Waals surface area contributed by atoms with Gasteiger partial charge in [-0.2, -0.15) is 4.31 Å². The number of amides is 1. The number of fused-ring (bicyclic) bond motifs is 2. The lowest BCUT2D eigenvalue weighted by molar-refractivity contribution is 0.0683. The Kier molecular flexibility index (Phi) is 4.75. The molecule has 1 fully saturated rings. The highest BCUT2D eigenvalue weighted by atomic mass is 32.2. The quantitative estimate of drug-likeness (QED) is 0.632. The molecular weight excluding hydrogens is 414 g/mol. The van der Waals surface area contributed by atoms with Gasteiger partial charge >= 0.3 is 0 Å². The predicted octanol–water partition coefficient (Wildman–Crippen LogP) is 2.65. The average Bonchev–Trinajstić information content (AvgIpc) is 3.20. The maximum Gasteiger partial charge on any atom is 0.257 e. The summed E-state index contributed by atoms with van der Waals surface area (Å²) >= 11 is 0. The van der Waals surface area contributed by atoms with Gasteiger partial charge in [-0.1, -0.05) is 30.3 Å². The largest absolute Gasteiger partial charge is 0.486 e. The van der Waals surface area contributed by atoms with Gasteiger partial charge in [0.1, 0.15) is 11.9 Å². The summed E-state index contributed by atoms with van der Waals surface area (Å²) in [5, 5.41) is 0. The van der Waals surface area contributed by atoms with Gasteiger partial charge in [0.2, 0.25) is 10.0 Å². The number of aromatic nitrogens is 1. The monoisotopic (exact) mass is 435 g/mol. The van der Waals surface area contributed by atoms with Crippen molar-refractivity contribution in [1.29, 1.82) is 0 Å². The van der Waals surface area contributed by atoms with E-state index in [0.717, 1.165) is 11.1 Å². The van der Waals surface area contributed by atoms with Crippen LogP contribution in [-0.2, 0) is 10.0 Å². The molecule has 0 spiro atoms. The van der Waals surface area contributed by atoms with E-state index in [1.807, 2.05) is 24.3 Å². The molecule has 3 heterocycles. The Hall–Kier alpha value is -3.23. The van der Waals surface area contributed by atoms with Crippen molar-refractivity contribution in [3.63, 3.8) is 0 Å². The first-order valence-electron chi connectivity index (χ1n) is 9.98. The number of benzene rings is 2. The van der Waals surface area contributed by atoms with Crippen molar-refractivity contribution >= 4 is 15.9 Å². The summed E-state index contributed by atoms with van der Waals surface area (Å²) in [6.45, 7) is 0.365. The highest BCUT2D eigenvalue weighted by Gasteiger charge is 2.46. The van der Waals surface area contributed by atoms with Gasteiger partial charge in [0.15, 0.2) is 0 Å². The van der Waals surface area contributed by atoms with Crippen LogP contribution < -0.4 is 4.74 Å². The van der Waals surface area contributed by atoms with Gasteiger partial charge in [0.25, 0.3) is 5.91 Å². The standard InChI is InChI=1S/C23H21N3O4S/c1-25-20-14-26(31(28,29)18-7-3-2-4-8-18)15-22(20)30-21-12-16(9-10-19(21)23(25)27)17-6-5-11-24-13-17/h2-13,20,22H,14-15H2,1H3. The van der Waals surface area contributed by atoms with Gasteiger partial charge < -0.3 is 9.64 Å². The van der Waals surface area contributed by atoms with Gasteiger partial charge in [-0.05, 0) is 35.9 Å². The Balaban J connectivity index is 1.49. The molecule has 7 nitrogen and oxygen atoms in total. The van der Waals surface area contributed by atoms with E-state index in [2.05, 4.69) is 4.98 Å². The van der Waals surface area contributed by atoms with Crippen molar-refractivity contribution in [2.24, 2.45) is 0 Å². The minimum atomic E-state index is -3.67. The van der Waals surface area contributed by atoms with E-state index in [1.54, 1.807) is 60.7 Å². The summed E-state index contributed by atoms with van der Waals surface area (Å²) in [6.07, 6.45) is 2.99. The third-order valence-electron chi connectivity index (χ3n) is 5.89. The van der Waals surface area contributed by atoms with Gasteiger partial charge in [-0.3, -0.25) is 9.78 Å². The zero-order chi connectivity index (χ0) is 21.6. The van der Waals surface area contributed by atoms with Crippen molar-refractivity contribution in [2.75, 3.05) is 20.1 Å². The Morgan fingerprint density at radius 2 is 1.81 bits per heavy atom. The van der Waals surface area contributed by atoms with Crippen molar-refractivity contribution in [3.8, 4) is 16.9 Å². The Morgan fingerprint density at radius 3 is 2.55 bits per heavy atom. The second-order valence-corrected chi connectivity index (χ2v) is 9.67. The Bertz CT molecular complexity index is 1230. The van der Waals surface area contributed by atoms with Crippen molar-refractivity contribution in [2.45, 2.75) is 17.0 Å². The number of carbonyl (C=O) groups is 1. The number of ether oxygens (including phenoxy) is 1. The first-order chi connectivity index (χ1) is 14.9. The minimum Gasteiger partial charge on any atom is -0.486 e. The Labute approximate surface area is 180 Å². The minimum absolute atomic E-state index is 0.177. The van der Waals surface area contributed by atoms with Crippen LogP contribution in [0.3, 0.4) is 0 Å². The Morgan fingerprint density at radius 1 is 1.00 bits per heavy atom. The molecule has 2 unspecified atom stereocenters. The number of sulfonamides is 1. The molecule has 1 amide bonds. The van der Waals surface area contributed by atoms with E-state index >= 15 is 0 Å². The molecule has 1 saturated heterocycles. The summed E-state index contributed by atoms with van der Waals surface area (Å²) in [5.41, 5.74) is 2.27. The summed E-state index contributed by atoms with van der Waals surface area (Å²) in [7, 11) is -1.97. The lowest BCUT2D eigenvalue weighted by Crippen LogP contribution is -2.44. The fourth-order valence-electron chi connectivity index (χ4n) is 4.16. The summed E-state index contributed by atoms with van der Waals surface area (Å²) in [6, 6.07) is 17.2. The molecule has 0 radical (unpaired) electrons. The highest BCUT2D eigenvalue weighted by molar-refractivity contribution is 7.89.